The number of hydrogen-bond donors (Lipinski definition) is 1. The molecular formula is C35H38FNO6. The van der Waals surface area contributed by atoms with Crippen LogP contribution < -0.4 is 14.4 Å². The molecule has 3 heterocycles. The molecule has 3 aromatic carbocycles. The monoisotopic (exact) mass is 587 g/mol. The van der Waals surface area contributed by atoms with Gasteiger partial charge >= 0.3 is 5.97 Å². The number of aliphatic carboxylic acids is 1. The number of para-hydroxylation sites is 1. The Bertz CT molecular complexity index is 1640. The van der Waals surface area contributed by atoms with Gasteiger partial charge in [0, 0.05) is 23.4 Å². The summed E-state index contributed by atoms with van der Waals surface area (Å²) in [4.78, 5) is 28.7. The summed E-state index contributed by atoms with van der Waals surface area (Å²) in [6.45, 7) is 10.6. The molecule has 0 radical (unpaired) electrons. The normalized spacial score (nSPS) is 16.5. The minimum absolute atomic E-state index is 0.168. The number of rotatable bonds is 5. The van der Waals surface area contributed by atoms with Crippen LogP contribution in [0.1, 0.15) is 83.5 Å². The lowest BCUT2D eigenvalue weighted by Gasteiger charge is -2.30. The zero-order valence-electron chi connectivity index (χ0n) is 25.4. The van der Waals surface area contributed by atoms with Crippen LogP contribution in [0.25, 0.3) is 11.1 Å². The lowest BCUT2D eigenvalue weighted by atomic mass is 9.83. The number of aryl methyl sites for hydroxylation is 2. The molecule has 0 aromatic heterocycles. The maximum atomic E-state index is 15.6. The highest BCUT2D eigenvalue weighted by molar-refractivity contribution is 6.10. The van der Waals surface area contributed by atoms with E-state index in [1.807, 2.05) is 52.8 Å². The lowest BCUT2D eigenvalue weighted by Crippen LogP contribution is -2.30. The molecule has 8 heteroatoms. The van der Waals surface area contributed by atoms with E-state index < -0.39 is 23.5 Å². The number of carboxylic acid groups (broad SMARTS) is 1. The number of benzene rings is 3. The lowest BCUT2D eigenvalue weighted by molar-refractivity contribution is -0.160. The number of anilines is 1. The third kappa shape index (κ3) is 5.16. The van der Waals surface area contributed by atoms with E-state index >= 15 is 4.39 Å². The highest BCUT2D eigenvalue weighted by atomic mass is 19.1. The molecule has 1 atom stereocenters. The maximum Gasteiger partial charge on any atom is 0.337 e. The molecule has 0 saturated heterocycles. The zero-order chi connectivity index (χ0) is 30.6. The summed E-state index contributed by atoms with van der Waals surface area (Å²) >= 11 is 0. The quantitative estimate of drug-likeness (QED) is 0.350. The van der Waals surface area contributed by atoms with Crippen molar-refractivity contribution in [1.29, 1.82) is 0 Å². The second-order valence-electron chi connectivity index (χ2n) is 12.7. The number of ether oxygens (including phenoxy) is 3. The Labute approximate surface area is 251 Å². The first-order valence-electron chi connectivity index (χ1n) is 15.0. The fraction of sp³-hybridized carbons (Fsp3) is 0.429. The minimum atomic E-state index is -1.30. The van der Waals surface area contributed by atoms with E-state index in [0.717, 1.165) is 41.5 Å². The van der Waals surface area contributed by atoms with Gasteiger partial charge in [0.05, 0.1) is 24.4 Å². The first kappa shape index (κ1) is 29.2. The van der Waals surface area contributed by atoms with Crippen LogP contribution in [-0.4, -0.2) is 42.3 Å². The van der Waals surface area contributed by atoms with E-state index in [2.05, 4.69) is 0 Å². The van der Waals surface area contributed by atoms with Gasteiger partial charge in [-0.2, -0.15) is 0 Å². The zero-order valence-corrected chi connectivity index (χ0v) is 25.4. The van der Waals surface area contributed by atoms with Gasteiger partial charge < -0.3 is 24.2 Å². The molecule has 226 valence electrons. The fourth-order valence-electron chi connectivity index (χ4n) is 6.76. The number of carbonyl (C=O) groups excluding carboxylic acids is 1. The third-order valence-corrected chi connectivity index (χ3v) is 8.61. The van der Waals surface area contributed by atoms with Crippen LogP contribution in [0.15, 0.2) is 30.3 Å². The summed E-state index contributed by atoms with van der Waals surface area (Å²) in [6, 6.07) is 9.02. The van der Waals surface area contributed by atoms with Gasteiger partial charge in [-0.1, -0.05) is 12.1 Å². The topological polar surface area (TPSA) is 85.3 Å². The SMILES string of the molecule is Cc1cc2c(c(-c3cc(F)c4c(c3C)CCCO4)c1[C@H](OC(C)(C)C)C(=O)O)CCN2C(=O)c1cccc2c1OCCC2. The molecule has 0 unspecified atom stereocenters. The van der Waals surface area contributed by atoms with E-state index in [-0.39, 0.29) is 11.7 Å². The Hall–Kier alpha value is -3.91. The molecule has 0 fully saturated rings. The second-order valence-corrected chi connectivity index (χ2v) is 12.7. The van der Waals surface area contributed by atoms with Crippen LogP contribution >= 0.6 is 0 Å². The molecule has 0 spiro atoms. The van der Waals surface area contributed by atoms with Crippen molar-refractivity contribution in [3.63, 3.8) is 0 Å². The van der Waals surface area contributed by atoms with Crippen LogP contribution in [0.3, 0.4) is 0 Å². The average molecular weight is 588 g/mol. The van der Waals surface area contributed by atoms with Crippen molar-refractivity contribution in [3.8, 4) is 22.6 Å². The molecule has 0 saturated carbocycles. The number of fused-ring (bicyclic) bond motifs is 3. The molecule has 1 N–H and O–H groups in total. The predicted molar refractivity (Wildman–Crippen MR) is 162 cm³/mol. The fourth-order valence-corrected chi connectivity index (χ4v) is 6.76. The van der Waals surface area contributed by atoms with Crippen molar-refractivity contribution >= 4 is 17.6 Å². The van der Waals surface area contributed by atoms with Gasteiger partial charge in [0.2, 0.25) is 0 Å². The van der Waals surface area contributed by atoms with Crippen molar-refractivity contribution in [1.82, 2.24) is 0 Å². The molecule has 1 amide bonds. The second kappa shape index (κ2) is 11.0. The summed E-state index contributed by atoms with van der Waals surface area (Å²) in [5, 5.41) is 10.5. The molecular weight excluding hydrogens is 549 g/mol. The largest absolute Gasteiger partial charge is 0.492 e. The van der Waals surface area contributed by atoms with E-state index in [0.29, 0.717) is 71.9 Å². The number of halogens is 1. The summed E-state index contributed by atoms with van der Waals surface area (Å²) < 4.78 is 33.5. The number of carboxylic acids is 1. The van der Waals surface area contributed by atoms with Crippen molar-refractivity contribution < 1.29 is 33.3 Å². The molecule has 3 aromatic rings. The average Bonchev–Trinajstić information content (AvgIpc) is 3.39. The number of amides is 1. The van der Waals surface area contributed by atoms with Crippen LogP contribution in [-0.2, 0) is 28.8 Å². The first-order valence-corrected chi connectivity index (χ1v) is 15.0. The van der Waals surface area contributed by atoms with Crippen LogP contribution in [0.5, 0.6) is 11.5 Å². The van der Waals surface area contributed by atoms with Gasteiger partial charge in [-0.25, -0.2) is 9.18 Å². The van der Waals surface area contributed by atoms with E-state index in [1.165, 1.54) is 6.07 Å². The molecule has 3 aliphatic rings. The molecule has 6 rings (SSSR count). The highest BCUT2D eigenvalue weighted by Gasteiger charge is 2.38. The molecule has 0 bridgehead atoms. The van der Waals surface area contributed by atoms with E-state index in [1.54, 1.807) is 11.0 Å². The Morgan fingerprint density at radius 1 is 1.00 bits per heavy atom. The van der Waals surface area contributed by atoms with Gasteiger partial charge in [0.15, 0.2) is 17.7 Å². The van der Waals surface area contributed by atoms with Crippen LogP contribution in [0, 0.1) is 19.7 Å². The summed E-state index contributed by atoms with van der Waals surface area (Å²) in [6.07, 6.45) is 2.39. The van der Waals surface area contributed by atoms with Gasteiger partial charge in [-0.15, -0.1) is 0 Å². The standard InChI is InChI=1S/C35H38FNO6/c1-19-17-27-23(13-14-37(27)33(38)24-11-6-9-21-10-7-15-41-30(21)24)29(28(19)32(34(39)40)43-35(3,4)5)25-18-26(36)31-22(20(25)2)12-8-16-42-31/h6,9,11,17-18,32H,7-8,10,12-16H2,1-5H3,(H,39,40)/t32-/m0/s1. The smallest absolute Gasteiger partial charge is 0.337 e. The predicted octanol–water partition coefficient (Wildman–Crippen LogP) is 6.90. The number of nitrogens with zero attached hydrogens (tertiary/aromatic N) is 1. The number of carbonyl (C=O) groups is 2. The summed E-state index contributed by atoms with van der Waals surface area (Å²) in [7, 11) is 0. The van der Waals surface area contributed by atoms with Crippen molar-refractivity contribution in [2.75, 3.05) is 24.7 Å². The Morgan fingerprint density at radius 2 is 1.72 bits per heavy atom. The molecule has 43 heavy (non-hydrogen) atoms. The van der Waals surface area contributed by atoms with Crippen molar-refractivity contribution in [2.45, 2.75) is 78.4 Å². The first-order chi connectivity index (χ1) is 20.5. The Morgan fingerprint density at radius 3 is 2.44 bits per heavy atom. The maximum absolute atomic E-state index is 15.6. The van der Waals surface area contributed by atoms with Gasteiger partial charge in [0.25, 0.3) is 5.91 Å². The van der Waals surface area contributed by atoms with Crippen molar-refractivity contribution in [3.05, 3.63) is 75.1 Å². The molecule has 3 aliphatic heterocycles. The molecule has 0 aliphatic carbocycles. The highest BCUT2D eigenvalue weighted by Crippen LogP contribution is 2.48. The number of hydrogen-bond acceptors (Lipinski definition) is 5. The van der Waals surface area contributed by atoms with Crippen LogP contribution in [0.4, 0.5) is 10.1 Å². The van der Waals surface area contributed by atoms with Gasteiger partial charge in [-0.3, -0.25) is 4.79 Å². The van der Waals surface area contributed by atoms with Gasteiger partial charge in [0.1, 0.15) is 5.75 Å². The molecule has 7 nitrogen and oxygen atoms in total. The summed E-state index contributed by atoms with van der Waals surface area (Å²) in [5.41, 5.74) is 6.30. The van der Waals surface area contributed by atoms with Crippen LogP contribution in [0.2, 0.25) is 0 Å². The minimum Gasteiger partial charge on any atom is -0.492 e. The third-order valence-electron chi connectivity index (χ3n) is 8.61. The Balaban J connectivity index is 1.57. The summed E-state index contributed by atoms with van der Waals surface area (Å²) in [5.74, 6) is -0.863. The van der Waals surface area contributed by atoms with E-state index in [9.17, 15) is 14.7 Å². The van der Waals surface area contributed by atoms with E-state index in [4.69, 9.17) is 14.2 Å². The Kier molecular flexibility index (Phi) is 7.45. The van der Waals surface area contributed by atoms with Gasteiger partial charge in [-0.05, 0) is 118 Å². The van der Waals surface area contributed by atoms with Crippen molar-refractivity contribution in [2.24, 2.45) is 0 Å².